The SMILES string of the molecule is [N-]=[N+]=NCCc1cccc(C(=O)c2cnn(-c3ccc(F)cc3)c2N)c1. The van der Waals surface area contributed by atoms with E-state index in [4.69, 9.17) is 11.3 Å². The molecule has 3 aromatic rings. The average molecular weight is 350 g/mol. The molecule has 3 rings (SSSR count). The van der Waals surface area contributed by atoms with E-state index in [9.17, 15) is 9.18 Å². The van der Waals surface area contributed by atoms with Crippen LogP contribution in [-0.2, 0) is 6.42 Å². The maximum atomic E-state index is 13.1. The van der Waals surface area contributed by atoms with Crippen molar-refractivity contribution in [1.82, 2.24) is 9.78 Å². The Kier molecular flexibility index (Phi) is 4.96. The van der Waals surface area contributed by atoms with E-state index in [1.54, 1.807) is 18.2 Å². The zero-order valence-electron chi connectivity index (χ0n) is 13.7. The molecule has 0 amide bonds. The number of carbonyl (C=O) groups is 1. The molecule has 2 aromatic carbocycles. The fourth-order valence-corrected chi connectivity index (χ4v) is 2.57. The molecule has 2 N–H and O–H groups in total. The Balaban J connectivity index is 1.88. The number of azide groups is 1. The Morgan fingerprint density at radius 2 is 2.04 bits per heavy atom. The average Bonchev–Trinajstić information content (AvgIpc) is 3.04. The number of nitrogens with zero attached hydrogens (tertiary/aromatic N) is 5. The summed E-state index contributed by atoms with van der Waals surface area (Å²) in [4.78, 5) is 15.5. The molecule has 130 valence electrons. The minimum Gasteiger partial charge on any atom is -0.383 e. The van der Waals surface area contributed by atoms with Crippen LogP contribution >= 0.6 is 0 Å². The van der Waals surface area contributed by atoms with E-state index in [2.05, 4.69) is 15.1 Å². The van der Waals surface area contributed by atoms with Crippen LogP contribution in [0.5, 0.6) is 0 Å². The van der Waals surface area contributed by atoms with Crippen molar-refractivity contribution in [3.05, 3.63) is 87.7 Å². The second kappa shape index (κ2) is 7.50. The second-order valence-corrected chi connectivity index (χ2v) is 5.57. The number of rotatable bonds is 6. The van der Waals surface area contributed by atoms with Gasteiger partial charge in [0.1, 0.15) is 11.6 Å². The molecule has 0 radical (unpaired) electrons. The summed E-state index contributed by atoms with van der Waals surface area (Å²) in [6.07, 6.45) is 1.93. The topological polar surface area (TPSA) is 110 Å². The molecular formula is C18H15FN6O. The van der Waals surface area contributed by atoms with Gasteiger partial charge in [0.15, 0.2) is 5.78 Å². The molecular weight excluding hydrogens is 335 g/mol. The van der Waals surface area contributed by atoms with Gasteiger partial charge in [-0.15, -0.1) is 0 Å². The first-order chi connectivity index (χ1) is 12.6. The number of ketones is 1. The lowest BCUT2D eigenvalue weighted by Gasteiger charge is -2.06. The highest BCUT2D eigenvalue weighted by Gasteiger charge is 2.18. The molecule has 0 bridgehead atoms. The Morgan fingerprint density at radius 1 is 1.27 bits per heavy atom. The molecule has 0 aliphatic heterocycles. The highest BCUT2D eigenvalue weighted by Crippen LogP contribution is 2.21. The van der Waals surface area contributed by atoms with Crippen LogP contribution in [0, 0.1) is 5.82 Å². The van der Waals surface area contributed by atoms with Gasteiger partial charge < -0.3 is 5.73 Å². The summed E-state index contributed by atoms with van der Waals surface area (Å²) in [5, 5.41) is 7.63. The molecule has 0 unspecified atom stereocenters. The Labute approximate surface area is 148 Å². The Bertz CT molecular complexity index is 989. The lowest BCUT2D eigenvalue weighted by Crippen LogP contribution is -2.07. The summed E-state index contributed by atoms with van der Waals surface area (Å²) >= 11 is 0. The molecule has 0 fully saturated rings. The summed E-state index contributed by atoms with van der Waals surface area (Å²) in [5.41, 5.74) is 16.6. The first-order valence-electron chi connectivity index (χ1n) is 7.84. The van der Waals surface area contributed by atoms with Gasteiger partial charge in [0.25, 0.3) is 0 Å². The molecule has 1 heterocycles. The van der Waals surface area contributed by atoms with Crippen molar-refractivity contribution >= 4 is 11.6 Å². The minimum atomic E-state index is -0.367. The zero-order chi connectivity index (χ0) is 18.5. The van der Waals surface area contributed by atoms with Crippen molar-refractivity contribution in [3.8, 4) is 5.69 Å². The predicted octanol–water partition coefficient (Wildman–Crippen LogP) is 3.68. The van der Waals surface area contributed by atoms with E-state index < -0.39 is 0 Å². The van der Waals surface area contributed by atoms with Crippen molar-refractivity contribution in [2.45, 2.75) is 6.42 Å². The van der Waals surface area contributed by atoms with Gasteiger partial charge in [0, 0.05) is 17.0 Å². The van der Waals surface area contributed by atoms with Crippen LogP contribution in [0.1, 0.15) is 21.5 Å². The van der Waals surface area contributed by atoms with E-state index in [0.29, 0.717) is 24.2 Å². The number of anilines is 1. The maximum absolute atomic E-state index is 13.1. The van der Waals surface area contributed by atoms with Gasteiger partial charge in [-0.05, 0) is 47.8 Å². The zero-order valence-corrected chi connectivity index (χ0v) is 13.7. The van der Waals surface area contributed by atoms with Crippen molar-refractivity contribution in [2.75, 3.05) is 12.3 Å². The van der Waals surface area contributed by atoms with Gasteiger partial charge in [0.2, 0.25) is 0 Å². The van der Waals surface area contributed by atoms with E-state index in [0.717, 1.165) is 5.56 Å². The quantitative estimate of drug-likeness (QED) is 0.317. The molecule has 0 aliphatic carbocycles. The molecule has 0 saturated heterocycles. The normalized spacial score (nSPS) is 10.3. The third kappa shape index (κ3) is 3.55. The number of nitrogens with two attached hydrogens (primary N) is 1. The highest BCUT2D eigenvalue weighted by atomic mass is 19.1. The van der Waals surface area contributed by atoms with Crippen LogP contribution in [-0.4, -0.2) is 22.1 Å². The number of carbonyl (C=O) groups excluding carboxylic acids is 1. The molecule has 0 saturated carbocycles. The van der Waals surface area contributed by atoms with Crippen LogP contribution in [0.15, 0.2) is 59.8 Å². The summed E-state index contributed by atoms with van der Waals surface area (Å²) in [6.45, 7) is 0.318. The maximum Gasteiger partial charge on any atom is 0.198 e. The second-order valence-electron chi connectivity index (χ2n) is 5.57. The van der Waals surface area contributed by atoms with Gasteiger partial charge in [-0.1, -0.05) is 23.3 Å². The van der Waals surface area contributed by atoms with Crippen molar-refractivity contribution < 1.29 is 9.18 Å². The Morgan fingerprint density at radius 3 is 2.77 bits per heavy atom. The summed E-state index contributed by atoms with van der Waals surface area (Å²) in [6, 6.07) is 12.7. The van der Waals surface area contributed by atoms with E-state index >= 15 is 0 Å². The van der Waals surface area contributed by atoms with E-state index in [1.807, 2.05) is 6.07 Å². The number of halogens is 1. The van der Waals surface area contributed by atoms with E-state index in [-0.39, 0.29) is 23.0 Å². The third-order valence-corrected chi connectivity index (χ3v) is 3.88. The van der Waals surface area contributed by atoms with Crippen LogP contribution in [0.4, 0.5) is 10.2 Å². The minimum absolute atomic E-state index is 0.182. The Hall–Kier alpha value is -3.64. The number of hydrogen-bond donors (Lipinski definition) is 1. The number of aromatic nitrogens is 2. The highest BCUT2D eigenvalue weighted by molar-refractivity contribution is 6.11. The van der Waals surface area contributed by atoms with Crippen LogP contribution < -0.4 is 5.73 Å². The predicted molar refractivity (Wildman–Crippen MR) is 95.5 cm³/mol. The molecule has 0 atom stereocenters. The van der Waals surface area contributed by atoms with Crippen LogP contribution in [0.2, 0.25) is 0 Å². The number of nitrogen functional groups attached to an aromatic ring is 1. The summed E-state index contributed by atoms with van der Waals surface area (Å²) in [5.74, 6) is -0.448. The van der Waals surface area contributed by atoms with E-state index in [1.165, 1.54) is 35.1 Å². The van der Waals surface area contributed by atoms with Crippen molar-refractivity contribution in [3.63, 3.8) is 0 Å². The third-order valence-electron chi connectivity index (χ3n) is 3.88. The summed E-state index contributed by atoms with van der Waals surface area (Å²) < 4.78 is 14.5. The summed E-state index contributed by atoms with van der Waals surface area (Å²) in [7, 11) is 0. The molecule has 0 aliphatic rings. The molecule has 26 heavy (non-hydrogen) atoms. The van der Waals surface area contributed by atoms with Gasteiger partial charge in [-0.25, -0.2) is 9.07 Å². The fraction of sp³-hybridized carbons (Fsp3) is 0.111. The van der Waals surface area contributed by atoms with Crippen molar-refractivity contribution in [1.29, 1.82) is 0 Å². The lowest BCUT2D eigenvalue weighted by atomic mass is 10.0. The van der Waals surface area contributed by atoms with Gasteiger partial charge in [-0.3, -0.25) is 4.79 Å². The molecule has 0 spiro atoms. The van der Waals surface area contributed by atoms with Gasteiger partial charge in [-0.2, -0.15) is 5.10 Å². The first kappa shape index (κ1) is 17.2. The standard InChI is InChI=1S/C18H15FN6O/c19-14-4-6-15(7-5-14)25-18(20)16(11-23-25)17(26)13-3-1-2-12(10-13)8-9-22-24-21/h1-7,10-11H,8-9,20H2. The van der Waals surface area contributed by atoms with Crippen LogP contribution in [0.3, 0.4) is 0 Å². The van der Waals surface area contributed by atoms with Gasteiger partial charge in [0.05, 0.1) is 17.4 Å². The number of benzene rings is 2. The molecule has 8 heteroatoms. The first-order valence-corrected chi connectivity index (χ1v) is 7.84. The molecule has 7 nitrogen and oxygen atoms in total. The van der Waals surface area contributed by atoms with Gasteiger partial charge >= 0.3 is 0 Å². The largest absolute Gasteiger partial charge is 0.383 e. The number of hydrogen-bond acceptors (Lipinski definition) is 4. The molecule has 1 aromatic heterocycles. The van der Waals surface area contributed by atoms with Crippen molar-refractivity contribution in [2.24, 2.45) is 5.11 Å². The smallest absolute Gasteiger partial charge is 0.198 e. The van der Waals surface area contributed by atoms with Crippen LogP contribution in [0.25, 0.3) is 16.1 Å². The fourth-order valence-electron chi connectivity index (χ4n) is 2.57. The lowest BCUT2D eigenvalue weighted by molar-refractivity contribution is 0.103. The monoisotopic (exact) mass is 350 g/mol.